The Bertz CT molecular complexity index is 1030. The Morgan fingerprint density at radius 1 is 1.24 bits per heavy atom. The zero-order valence-corrected chi connectivity index (χ0v) is 14.5. The average molecular weight is 380 g/mol. The number of halogens is 1. The van der Waals surface area contributed by atoms with Gasteiger partial charge in [-0.15, -0.1) is 0 Å². The fourth-order valence-corrected chi connectivity index (χ4v) is 4.23. The first-order valence-corrected chi connectivity index (χ1v) is 9.11. The number of pyridine rings is 1. The van der Waals surface area contributed by atoms with Gasteiger partial charge in [0.2, 0.25) is 0 Å². The molecule has 9 heteroatoms. The summed E-state index contributed by atoms with van der Waals surface area (Å²) < 4.78 is 32.0. The second-order valence-corrected chi connectivity index (χ2v) is 7.36. The first kappa shape index (κ1) is 17.2. The summed E-state index contributed by atoms with van der Waals surface area (Å²) in [6, 6.07) is 11.2. The highest BCUT2D eigenvalue weighted by molar-refractivity contribution is 7.90. The van der Waals surface area contributed by atoms with E-state index in [4.69, 9.17) is 22.1 Å². The maximum Gasteiger partial charge on any atom is 0.404 e. The summed E-state index contributed by atoms with van der Waals surface area (Å²) in [6.07, 6.45) is 0.650. The summed E-state index contributed by atoms with van der Waals surface area (Å²) in [5, 5.41) is 0.877. The molecule has 7 nitrogen and oxygen atoms in total. The first-order chi connectivity index (χ1) is 11.9. The van der Waals surface area contributed by atoms with Crippen molar-refractivity contribution in [2.24, 2.45) is 5.73 Å². The van der Waals surface area contributed by atoms with E-state index >= 15 is 0 Å². The van der Waals surface area contributed by atoms with Gasteiger partial charge in [-0.2, -0.15) is 0 Å². The molecule has 25 heavy (non-hydrogen) atoms. The molecule has 0 bridgehead atoms. The summed E-state index contributed by atoms with van der Waals surface area (Å²) >= 11 is 6.17. The number of primary amides is 1. The highest BCUT2D eigenvalue weighted by atomic mass is 35.5. The standard InChI is InChI=1S/C16H14ClN3O4S/c17-14-6-8-19-15-13(14)10-11(7-9-24-16(18)21)20(15)25(22,23)12-4-2-1-3-5-12/h1-6,8,10H,7,9H2,(H2,18,21). The van der Waals surface area contributed by atoms with Gasteiger partial charge in [0.15, 0.2) is 5.65 Å². The summed E-state index contributed by atoms with van der Waals surface area (Å²) in [6.45, 7) is -0.0619. The van der Waals surface area contributed by atoms with Gasteiger partial charge in [-0.3, -0.25) is 0 Å². The summed E-state index contributed by atoms with van der Waals surface area (Å²) in [7, 11) is -3.90. The van der Waals surface area contributed by atoms with Crippen LogP contribution in [0.4, 0.5) is 4.79 Å². The molecule has 2 heterocycles. The molecule has 3 aromatic rings. The van der Waals surface area contributed by atoms with Gasteiger partial charge in [0.1, 0.15) is 0 Å². The lowest BCUT2D eigenvalue weighted by atomic mass is 10.3. The van der Waals surface area contributed by atoms with Crippen molar-refractivity contribution >= 4 is 38.8 Å². The van der Waals surface area contributed by atoms with E-state index in [1.807, 2.05) is 0 Å². The van der Waals surface area contributed by atoms with Gasteiger partial charge in [0.05, 0.1) is 16.5 Å². The van der Waals surface area contributed by atoms with Crippen molar-refractivity contribution in [3.8, 4) is 0 Å². The van der Waals surface area contributed by atoms with Gasteiger partial charge in [-0.05, 0) is 24.3 Å². The van der Waals surface area contributed by atoms with Gasteiger partial charge in [-0.25, -0.2) is 22.2 Å². The Kier molecular flexibility index (Phi) is 4.65. The molecule has 130 valence electrons. The van der Waals surface area contributed by atoms with Crippen LogP contribution in [0.15, 0.2) is 53.6 Å². The van der Waals surface area contributed by atoms with E-state index in [0.717, 1.165) is 3.97 Å². The SMILES string of the molecule is NC(=O)OCCc1cc2c(Cl)ccnc2n1S(=O)(=O)c1ccccc1. The van der Waals surface area contributed by atoms with Crippen molar-refractivity contribution in [2.45, 2.75) is 11.3 Å². The lowest BCUT2D eigenvalue weighted by molar-refractivity contribution is 0.158. The number of fused-ring (bicyclic) bond motifs is 1. The number of benzene rings is 1. The molecule has 0 atom stereocenters. The van der Waals surface area contributed by atoms with Crippen LogP contribution in [-0.2, 0) is 21.2 Å². The third-order valence-corrected chi connectivity index (χ3v) is 5.65. The second kappa shape index (κ2) is 6.73. The number of hydrogen-bond donors (Lipinski definition) is 1. The zero-order chi connectivity index (χ0) is 18.0. The molecule has 0 spiro atoms. The number of amides is 1. The van der Waals surface area contributed by atoms with Crippen LogP contribution in [0.3, 0.4) is 0 Å². The number of carbonyl (C=O) groups is 1. The highest BCUT2D eigenvalue weighted by Gasteiger charge is 2.24. The van der Waals surface area contributed by atoms with Crippen LogP contribution in [0.5, 0.6) is 0 Å². The number of ether oxygens (including phenoxy) is 1. The third kappa shape index (κ3) is 3.31. The normalized spacial score (nSPS) is 11.6. The van der Waals surface area contributed by atoms with Crippen LogP contribution in [0.25, 0.3) is 11.0 Å². The van der Waals surface area contributed by atoms with E-state index in [2.05, 4.69) is 4.98 Å². The molecule has 2 aromatic heterocycles. The molecule has 0 unspecified atom stereocenters. The van der Waals surface area contributed by atoms with Crippen LogP contribution in [0.1, 0.15) is 5.69 Å². The van der Waals surface area contributed by atoms with E-state index in [1.54, 1.807) is 30.3 Å². The Hall–Kier alpha value is -2.58. The summed E-state index contributed by atoms with van der Waals surface area (Å²) in [5.74, 6) is 0. The summed E-state index contributed by atoms with van der Waals surface area (Å²) in [4.78, 5) is 15.0. The Labute approximate surface area is 149 Å². The zero-order valence-electron chi connectivity index (χ0n) is 12.9. The Morgan fingerprint density at radius 3 is 2.64 bits per heavy atom. The highest BCUT2D eigenvalue weighted by Crippen LogP contribution is 2.29. The smallest absolute Gasteiger partial charge is 0.404 e. The van der Waals surface area contributed by atoms with Crippen molar-refractivity contribution in [3.05, 3.63) is 59.4 Å². The van der Waals surface area contributed by atoms with Gasteiger partial charge >= 0.3 is 6.09 Å². The molecule has 3 rings (SSSR count). The minimum absolute atomic E-state index is 0.0619. The molecular formula is C16H14ClN3O4S. The number of nitrogens with zero attached hydrogens (tertiary/aromatic N) is 2. The Balaban J connectivity index is 2.18. The van der Waals surface area contributed by atoms with Crippen LogP contribution >= 0.6 is 11.6 Å². The van der Waals surface area contributed by atoms with Gasteiger partial charge in [-0.1, -0.05) is 29.8 Å². The molecule has 0 radical (unpaired) electrons. The predicted molar refractivity (Wildman–Crippen MR) is 93.0 cm³/mol. The van der Waals surface area contributed by atoms with E-state index < -0.39 is 16.1 Å². The number of nitrogens with two attached hydrogens (primary N) is 1. The fourth-order valence-electron chi connectivity index (χ4n) is 2.49. The molecule has 2 N–H and O–H groups in total. The number of rotatable bonds is 5. The predicted octanol–water partition coefficient (Wildman–Crippen LogP) is 2.56. The lowest BCUT2D eigenvalue weighted by Crippen LogP contribution is -2.19. The van der Waals surface area contributed by atoms with Crippen molar-refractivity contribution in [1.29, 1.82) is 0 Å². The van der Waals surface area contributed by atoms with E-state index in [-0.39, 0.29) is 23.6 Å². The second-order valence-electron chi connectivity index (χ2n) is 5.17. The molecule has 1 amide bonds. The van der Waals surface area contributed by atoms with Crippen molar-refractivity contribution in [2.75, 3.05) is 6.61 Å². The fraction of sp³-hybridized carbons (Fsp3) is 0.125. The van der Waals surface area contributed by atoms with E-state index in [9.17, 15) is 13.2 Å². The maximum atomic E-state index is 13.1. The van der Waals surface area contributed by atoms with Gasteiger partial charge in [0.25, 0.3) is 10.0 Å². The molecule has 0 aliphatic carbocycles. The monoisotopic (exact) mass is 379 g/mol. The van der Waals surface area contributed by atoms with Crippen LogP contribution in [-0.4, -0.2) is 30.1 Å². The number of carbonyl (C=O) groups excluding carboxylic acids is 1. The average Bonchev–Trinajstić information content (AvgIpc) is 2.96. The number of aromatic nitrogens is 2. The molecule has 1 aromatic carbocycles. The minimum Gasteiger partial charge on any atom is -0.449 e. The molecule has 0 fully saturated rings. The molecule has 0 aliphatic rings. The summed E-state index contributed by atoms with van der Waals surface area (Å²) in [5.41, 5.74) is 5.55. The van der Waals surface area contributed by atoms with E-state index in [1.165, 1.54) is 18.3 Å². The van der Waals surface area contributed by atoms with Gasteiger partial charge < -0.3 is 10.5 Å². The quantitative estimate of drug-likeness (QED) is 0.733. The topological polar surface area (TPSA) is 104 Å². The third-order valence-electron chi connectivity index (χ3n) is 3.56. The molecule has 0 aliphatic heterocycles. The number of hydrogen-bond acceptors (Lipinski definition) is 5. The largest absolute Gasteiger partial charge is 0.449 e. The Morgan fingerprint density at radius 2 is 1.96 bits per heavy atom. The minimum atomic E-state index is -3.90. The first-order valence-electron chi connectivity index (χ1n) is 7.29. The maximum absolute atomic E-state index is 13.1. The van der Waals surface area contributed by atoms with Gasteiger partial charge in [0, 0.05) is 23.7 Å². The lowest BCUT2D eigenvalue weighted by Gasteiger charge is -2.11. The van der Waals surface area contributed by atoms with Crippen LogP contribution in [0.2, 0.25) is 5.02 Å². The van der Waals surface area contributed by atoms with Crippen molar-refractivity contribution in [1.82, 2.24) is 8.96 Å². The van der Waals surface area contributed by atoms with Crippen LogP contribution < -0.4 is 5.73 Å². The van der Waals surface area contributed by atoms with Crippen LogP contribution in [0, 0.1) is 0 Å². The molecule has 0 saturated carbocycles. The molecular weight excluding hydrogens is 366 g/mol. The van der Waals surface area contributed by atoms with Crippen molar-refractivity contribution in [3.63, 3.8) is 0 Å². The van der Waals surface area contributed by atoms with E-state index in [0.29, 0.717) is 16.1 Å². The molecule has 0 saturated heterocycles. The van der Waals surface area contributed by atoms with Crippen molar-refractivity contribution < 1.29 is 17.9 Å².